The van der Waals surface area contributed by atoms with Gasteiger partial charge < -0.3 is 4.90 Å². The van der Waals surface area contributed by atoms with Crippen molar-refractivity contribution < 1.29 is 0 Å². The van der Waals surface area contributed by atoms with E-state index in [0.29, 0.717) is 5.92 Å². The minimum Gasteiger partial charge on any atom is -0.357 e. The van der Waals surface area contributed by atoms with Crippen molar-refractivity contribution in [1.29, 1.82) is 0 Å². The summed E-state index contributed by atoms with van der Waals surface area (Å²) in [6.07, 6.45) is 5.30. The molecule has 2 heteroatoms. The zero-order valence-electron chi connectivity index (χ0n) is 13.8. The summed E-state index contributed by atoms with van der Waals surface area (Å²) in [4.78, 5) is 7.07. The van der Waals surface area contributed by atoms with Crippen LogP contribution in [-0.2, 0) is 6.42 Å². The third-order valence-electron chi connectivity index (χ3n) is 4.77. The zero-order valence-corrected chi connectivity index (χ0v) is 13.8. The van der Waals surface area contributed by atoms with Crippen LogP contribution in [0, 0.1) is 5.92 Å². The van der Waals surface area contributed by atoms with Crippen LogP contribution in [0.4, 0.5) is 5.82 Å². The van der Waals surface area contributed by atoms with Crippen LogP contribution in [-0.4, -0.2) is 18.1 Å². The van der Waals surface area contributed by atoms with Crippen LogP contribution in [0.25, 0.3) is 0 Å². The van der Waals surface area contributed by atoms with E-state index in [9.17, 15) is 0 Å². The van der Waals surface area contributed by atoms with Gasteiger partial charge in [0.2, 0.25) is 0 Å². The Morgan fingerprint density at radius 3 is 2.48 bits per heavy atom. The molecule has 1 aliphatic rings. The quantitative estimate of drug-likeness (QED) is 0.766. The van der Waals surface area contributed by atoms with E-state index < -0.39 is 0 Å². The maximum Gasteiger partial charge on any atom is 0.128 e. The number of pyridine rings is 1. The second-order valence-electron chi connectivity index (χ2n) is 6.31. The van der Waals surface area contributed by atoms with Crippen molar-refractivity contribution in [2.45, 2.75) is 26.2 Å². The lowest BCUT2D eigenvalue weighted by Gasteiger charge is -2.32. The first kappa shape index (κ1) is 15.6. The molecule has 0 spiro atoms. The molecule has 2 nitrogen and oxygen atoms in total. The summed E-state index contributed by atoms with van der Waals surface area (Å²) >= 11 is 0. The summed E-state index contributed by atoms with van der Waals surface area (Å²) in [7, 11) is 0. The Balaban J connectivity index is 1.61. The minimum atomic E-state index is 0.640. The van der Waals surface area contributed by atoms with Crippen LogP contribution in [0.2, 0.25) is 0 Å². The Labute approximate surface area is 139 Å². The summed E-state index contributed by atoms with van der Waals surface area (Å²) < 4.78 is 0. The van der Waals surface area contributed by atoms with Crippen molar-refractivity contribution in [3.8, 4) is 0 Å². The predicted octanol–water partition coefficient (Wildman–Crippen LogP) is 4.62. The fourth-order valence-corrected chi connectivity index (χ4v) is 3.23. The second kappa shape index (κ2) is 7.30. The number of allylic oxidation sites excluding steroid dienone is 1. The van der Waals surface area contributed by atoms with Gasteiger partial charge in [0, 0.05) is 19.3 Å². The molecular formula is C21H24N2. The molecule has 0 saturated carbocycles. The number of hydrogen-bond donors (Lipinski definition) is 0. The van der Waals surface area contributed by atoms with Crippen molar-refractivity contribution >= 4 is 5.82 Å². The van der Waals surface area contributed by atoms with E-state index in [1.807, 2.05) is 6.20 Å². The van der Waals surface area contributed by atoms with Gasteiger partial charge in [-0.3, -0.25) is 0 Å². The van der Waals surface area contributed by atoms with Gasteiger partial charge in [-0.15, -0.1) is 5.73 Å². The standard InChI is InChI=1S/C21H24N2/c1-3-17(2)20-11-13-23(14-12-20)21-10-9-19(16-22-21)15-18-7-5-4-6-8-18/h4-10,16,20H,1,11-15H2,2H3. The molecule has 0 unspecified atom stereocenters. The summed E-state index contributed by atoms with van der Waals surface area (Å²) in [6, 6.07) is 14.9. The zero-order chi connectivity index (χ0) is 16.1. The van der Waals surface area contributed by atoms with Gasteiger partial charge in [-0.1, -0.05) is 43.0 Å². The Morgan fingerprint density at radius 1 is 1.13 bits per heavy atom. The summed E-state index contributed by atoms with van der Waals surface area (Å²) in [6.45, 7) is 8.04. The number of aromatic nitrogens is 1. The molecule has 2 aromatic rings. The highest BCUT2D eigenvalue weighted by Crippen LogP contribution is 2.26. The highest BCUT2D eigenvalue weighted by Gasteiger charge is 2.20. The van der Waals surface area contributed by atoms with Gasteiger partial charge in [0.05, 0.1) is 0 Å². The summed E-state index contributed by atoms with van der Waals surface area (Å²) in [5.74, 6) is 1.74. The van der Waals surface area contributed by atoms with Gasteiger partial charge in [-0.05, 0) is 54.9 Å². The van der Waals surface area contributed by atoms with Crippen molar-refractivity contribution in [1.82, 2.24) is 4.98 Å². The summed E-state index contributed by atoms with van der Waals surface area (Å²) in [5, 5.41) is 0. The van der Waals surface area contributed by atoms with Crippen LogP contribution in [0.15, 0.2) is 66.5 Å². The lowest BCUT2D eigenvalue weighted by atomic mass is 9.90. The van der Waals surface area contributed by atoms with Gasteiger partial charge in [-0.25, -0.2) is 4.98 Å². The van der Waals surface area contributed by atoms with E-state index in [1.54, 1.807) is 0 Å². The number of anilines is 1. The lowest BCUT2D eigenvalue weighted by molar-refractivity contribution is 0.457. The third kappa shape index (κ3) is 3.91. The molecule has 0 bridgehead atoms. The van der Waals surface area contributed by atoms with Crippen molar-refractivity contribution in [3.63, 3.8) is 0 Å². The predicted molar refractivity (Wildman–Crippen MR) is 96.7 cm³/mol. The average Bonchev–Trinajstić information content (AvgIpc) is 2.63. The highest BCUT2D eigenvalue weighted by molar-refractivity contribution is 5.41. The van der Waals surface area contributed by atoms with E-state index in [4.69, 9.17) is 0 Å². The van der Waals surface area contributed by atoms with Crippen LogP contribution < -0.4 is 4.90 Å². The number of hydrogen-bond acceptors (Lipinski definition) is 2. The molecule has 3 rings (SSSR count). The molecule has 1 fully saturated rings. The topological polar surface area (TPSA) is 16.1 Å². The van der Waals surface area contributed by atoms with E-state index in [0.717, 1.165) is 25.3 Å². The Kier molecular flexibility index (Phi) is 4.95. The molecule has 1 aliphatic heterocycles. The average molecular weight is 304 g/mol. The smallest absolute Gasteiger partial charge is 0.128 e. The molecule has 1 saturated heterocycles. The van der Waals surface area contributed by atoms with Gasteiger partial charge in [0.15, 0.2) is 0 Å². The van der Waals surface area contributed by atoms with Crippen LogP contribution in [0.5, 0.6) is 0 Å². The molecule has 0 radical (unpaired) electrons. The second-order valence-corrected chi connectivity index (χ2v) is 6.31. The van der Waals surface area contributed by atoms with Crippen molar-refractivity contribution in [3.05, 3.63) is 77.7 Å². The van der Waals surface area contributed by atoms with Gasteiger partial charge in [0.1, 0.15) is 5.82 Å². The van der Waals surface area contributed by atoms with Gasteiger partial charge in [-0.2, -0.15) is 0 Å². The number of rotatable bonds is 4. The lowest BCUT2D eigenvalue weighted by Crippen LogP contribution is -2.34. The number of benzene rings is 1. The van der Waals surface area contributed by atoms with Crippen LogP contribution in [0.1, 0.15) is 30.9 Å². The normalized spacial score (nSPS) is 15.3. The molecular weight excluding hydrogens is 280 g/mol. The number of nitrogens with zero attached hydrogens (tertiary/aromatic N) is 2. The van der Waals surface area contributed by atoms with Crippen molar-refractivity contribution in [2.24, 2.45) is 5.92 Å². The van der Waals surface area contributed by atoms with Crippen LogP contribution >= 0.6 is 0 Å². The fourth-order valence-electron chi connectivity index (χ4n) is 3.23. The first-order valence-electron chi connectivity index (χ1n) is 8.36. The molecule has 1 aromatic heterocycles. The highest BCUT2D eigenvalue weighted by atomic mass is 15.2. The maximum absolute atomic E-state index is 4.68. The minimum absolute atomic E-state index is 0.640. The molecule has 23 heavy (non-hydrogen) atoms. The van der Waals surface area contributed by atoms with E-state index >= 15 is 0 Å². The first-order chi connectivity index (χ1) is 11.3. The largest absolute Gasteiger partial charge is 0.357 e. The first-order valence-corrected chi connectivity index (χ1v) is 8.36. The molecule has 118 valence electrons. The van der Waals surface area contributed by atoms with Crippen molar-refractivity contribution in [2.75, 3.05) is 18.0 Å². The summed E-state index contributed by atoms with van der Waals surface area (Å²) in [5.41, 5.74) is 6.95. The van der Waals surface area contributed by atoms with E-state index in [-0.39, 0.29) is 0 Å². The molecule has 0 N–H and O–H groups in total. The Hall–Kier alpha value is -2.31. The van der Waals surface area contributed by atoms with E-state index in [2.05, 4.69) is 71.6 Å². The maximum atomic E-state index is 4.68. The third-order valence-corrected chi connectivity index (χ3v) is 4.77. The molecule has 2 heterocycles. The SMILES string of the molecule is C=C=C(C)C1CCN(c2ccc(Cc3ccccc3)cn2)CC1. The Bertz CT molecular complexity index is 674. The van der Waals surface area contributed by atoms with Gasteiger partial charge in [0.25, 0.3) is 0 Å². The molecule has 0 amide bonds. The monoisotopic (exact) mass is 304 g/mol. The van der Waals surface area contributed by atoms with Crippen LogP contribution in [0.3, 0.4) is 0 Å². The van der Waals surface area contributed by atoms with Gasteiger partial charge >= 0.3 is 0 Å². The molecule has 0 atom stereocenters. The Morgan fingerprint density at radius 2 is 1.87 bits per heavy atom. The fraction of sp³-hybridized carbons (Fsp3) is 0.333. The number of piperidine rings is 1. The molecule has 0 aliphatic carbocycles. The molecule has 1 aromatic carbocycles. The van der Waals surface area contributed by atoms with E-state index in [1.165, 1.54) is 29.5 Å².